The van der Waals surface area contributed by atoms with E-state index in [2.05, 4.69) is 0 Å². The average molecular weight is 338 g/mol. The monoisotopic (exact) mass is 338 g/mol. The summed E-state index contributed by atoms with van der Waals surface area (Å²) in [7, 11) is 0. The first-order valence-corrected chi connectivity index (χ1v) is 7.89. The first-order chi connectivity index (χ1) is 11.6. The van der Waals surface area contributed by atoms with Crippen LogP contribution in [0.2, 0.25) is 0 Å². The molecule has 0 aliphatic carbocycles. The summed E-state index contributed by atoms with van der Waals surface area (Å²) in [6, 6.07) is 14.9. The normalized spacial score (nSPS) is 15.8. The van der Waals surface area contributed by atoms with E-state index >= 15 is 0 Å². The van der Waals surface area contributed by atoms with Crippen molar-refractivity contribution in [1.82, 2.24) is 4.90 Å². The van der Waals surface area contributed by atoms with E-state index in [-0.39, 0.29) is 17.0 Å². The van der Waals surface area contributed by atoms with Crippen LogP contribution >= 0.6 is 11.8 Å². The lowest BCUT2D eigenvalue weighted by molar-refractivity contribution is -0.123. The zero-order chi connectivity index (χ0) is 17.1. The van der Waals surface area contributed by atoms with Crippen LogP contribution in [0.15, 0.2) is 53.4 Å². The van der Waals surface area contributed by atoms with Gasteiger partial charge in [0.25, 0.3) is 11.1 Å². The van der Waals surface area contributed by atoms with Crippen molar-refractivity contribution in [3.63, 3.8) is 0 Å². The van der Waals surface area contributed by atoms with E-state index in [1.54, 1.807) is 36.4 Å². The molecule has 1 saturated heterocycles. The van der Waals surface area contributed by atoms with Crippen molar-refractivity contribution in [2.24, 2.45) is 0 Å². The number of hydrogen-bond acceptors (Lipinski definition) is 4. The van der Waals surface area contributed by atoms with Crippen molar-refractivity contribution in [2.45, 2.75) is 6.54 Å². The molecule has 0 atom stereocenters. The second-order valence-corrected chi connectivity index (χ2v) is 6.05. The molecule has 2 aromatic rings. The number of nitriles is 1. The molecule has 1 heterocycles. The van der Waals surface area contributed by atoms with Crippen LogP contribution in [0.4, 0.5) is 9.18 Å². The van der Waals surface area contributed by atoms with Gasteiger partial charge < -0.3 is 0 Å². The molecule has 1 aliphatic rings. The molecule has 1 aliphatic heterocycles. The van der Waals surface area contributed by atoms with E-state index in [0.717, 1.165) is 16.7 Å². The SMILES string of the molecule is N#Cc1ccccc1CN1C(=O)S/C(=C/c2ccccc2F)C1=O. The maximum atomic E-state index is 13.7. The summed E-state index contributed by atoms with van der Waals surface area (Å²) >= 11 is 0.767. The fourth-order valence-corrected chi connectivity index (χ4v) is 3.14. The Morgan fingerprint density at radius 3 is 2.58 bits per heavy atom. The number of benzene rings is 2. The van der Waals surface area contributed by atoms with Gasteiger partial charge in [-0.2, -0.15) is 5.26 Å². The quantitative estimate of drug-likeness (QED) is 0.796. The Hall–Kier alpha value is -2.91. The van der Waals surface area contributed by atoms with Crippen LogP contribution in [0.25, 0.3) is 6.08 Å². The molecule has 118 valence electrons. The Morgan fingerprint density at radius 2 is 1.83 bits per heavy atom. The molecular weight excluding hydrogens is 327 g/mol. The molecular formula is C18H11FN2O2S. The first kappa shape index (κ1) is 16.0. The standard InChI is InChI=1S/C18H11FN2O2S/c19-15-8-4-3-5-12(15)9-16-17(22)21(18(23)24-16)11-14-7-2-1-6-13(14)10-20/h1-9H,11H2/b16-9+. The van der Waals surface area contributed by atoms with Gasteiger partial charge in [-0.1, -0.05) is 36.4 Å². The van der Waals surface area contributed by atoms with Crippen LogP contribution in [0, 0.1) is 17.1 Å². The van der Waals surface area contributed by atoms with Crippen LogP contribution in [-0.4, -0.2) is 16.0 Å². The number of thioether (sulfide) groups is 1. The molecule has 0 saturated carbocycles. The van der Waals surface area contributed by atoms with Crippen LogP contribution in [0.1, 0.15) is 16.7 Å². The number of imide groups is 1. The molecule has 0 bridgehead atoms. The lowest BCUT2D eigenvalue weighted by Gasteiger charge is -2.13. The molecule has 0 aromatic heterocycles. The van der Waals surface area contributed by atoms with Crippen LogP contribution in [-0.2, 0) is 11.3 Å². The Morgan fingerprint density at radius 1 is 1.12 bits per heavy atom. The van der Waals surface area contributed by atoms with Gasteiger partial charge >= 0.3 is 0 Å². The summed E-state index contributed by atoms with van der Waals surface area (Å²) in [6.07, 6.45) is 1.37. The van der Waals surface area contributed by atoms with E-state index in [9.17, 15) is 14.0 Å². The van der Waals surface area contributed by atoms with Crippen LogP contribution in [0.5, 0.6) is 0 Å². The van der Waals surface area contributed by atoms with Crippen molar-refractivity contribution < 1.29 is 14.0 Å². The Labute approximate surface area is 142 Å². The lowest BCUT2D eigenvalue weighted by atomic mass is 10.1. The number of carbonyl (C=O) groups excluding carboxylic acids is 2. The summed E-state index contributed by atoms with van der Waals surface area (Å²) in [4.78, 5) is 25.8. The highest BCUT2D eigenvalue weighted by atomic mass is 32.2. The highest BCUT2D eigenvalue weighted by Gasteiger charge is 2.35. The second-order valence-electron chi connectivity index (χ2n) is 5.06. The maximum Gasteiger partial charge on any atom is 0.293 e. The van der Waals surface area contributed by atoms with E-state index in [4.69, 9.17) is 5.26 Å². The van der Waals surface area contributed by atoms with Crippen LogP contribution in [0.3, 0.4) is 0 Å². The molecule has 0 N–H and O–H groups in total. The van der Waals surface area contributed by atoms with Crippen molar-refractivity contribution in [3.8, 4) is 6.07 Å². The fourth-order valence-electron chi connectivity index (χ4n) is 2.31. The van der Waals surface area contributed by atoms with Gasteiger partial charge in [0, 0.05) is 5.56 Å². The van der Waals surface area contributed by atoms with E-state index in [1.807, 2.05) is 6.07 Å². The zero-order valence-electron chi connectivity index (χ0n) is 12.4. The predicted octanol–water partition coefficient (Wildman–Crippen LogP) is 3.93. The van der Waals surface area contributed by atoms with E-state index < -0.39 is 17.0 Å². The van der Waals surface area contributed by atoms with Gasteiger partial charge in [-0.15, -0.1) is 0 Å². The molecule has 2 aromatic carbocycles. The lowest BCUT2D eigenvalue weighted by Crippen LogP contribution is -2.27. The largest absolute Gasteiger partial charge is 0.293 e. The van der Waals surface area contributed by atoms with Gasteiger partial charge in [0.15, 0.2) is 0 Å². The minimum atomic E-state index is -0.485. The number of hydrogen-bond donors (Lipinski definition) is 0. The molecule has 2 amide bonds. The van der Waals surface area contributed by atoms with Gasteiger partial charge in [0.05, 0.1) is 23.1 Å². The number of amides is 2. The van der Waals surface area contributed by atoms with Gasteiger partial charge in [-0.25, -0.2) is 4.39 Å². The number of halogens is 1. The van der Waals surface area contributed by atoms with Gasteiger partial charge in [0.2, 0.25) is 0 Å². The van der Waals surface area contributed by atoms with Crippen LogP contribution < -0.4 is 0 Å². The van der Waals surface area contributed by atoms with E-state index in [0.29, 0.717) is 11.1 Å². The van der Waals surface area contributed by atoms with Crippen molar-refractivity contribution in [1.29, 1.82) is 5.26 Å². The van der Waals surface area contributed by atoms with Gasteiger partial charge in [-0.05, 0) is 35.5 Å². The summed E-state index contributed by atoms with van der Waals surface area (Å²) < 4.78 is 13.7. The average Bonchev–Trinajstić information content (AvgIpc) is 2.85. The molecule has 0 spiro atoms. The molecule has 0 unspecified atom stereocenters. The molecule has 3 rings (SSSR count). The van der Waals surface area contributed by atoms with Crippen molar-refractivity contribution in [2.75, 3.05) is 0 Å². The number of rotatable bonds is 3. The summed E-state index contributed by atoms with van der Waals surface area (Å²) in [6.45, 7) is 0.0169. The maximum absolute atomic E-state index is 13.7. The summed E-state index contributed by atoms with van der Waals surface area (Å²) in [5, 5.41) is 8.67. The molecule has 24 heavy (non-hydrogen) atoms. The second kappa shape index (κ2) is 6.69. The third-order valence-electron chi connectivity index (χ3n) is 3.53. The predicted molar refractivity (Wildman–Crippen MR) is 89.1 cm³/mol. The van der Waals surface area contributed by atoms with Gasteiger partial charge in [-0.3, -0.25) is 14.5 Å². The molecule has 0 radical (unpaired) electrons. The molecule has 1 fully saturated rings. The number of nitrogens with zero attached hydrogens (tertiary/aromatic N) is 2. The van der Waals surface area contributed by atoms with Crippen molar-refractivity contribution >= 4 is 29.0 Å². The minimum Gasteiger partial charge on any atom is -0.268 e. The highest BCUT2D eigenvalue weighted by molar-refractivity contribution is 8.18. The highest BCUT2D eigenvalue weighted by Crippen LogP contribution is 2.33. The minimum absolute atomic E-state index is 0.0169. The van der Waals surface area contributed by atoms with Crippen molar-refractivity contribution in [3.05, 3.63) is 75.9 Å². The summed E-state index contributed by atoms with van der Waals surface area (Å²) in [5.41, 5.74) is 1.25. The fraction of sp³-hybridized carbons (Fsp3) is 0.0556. The van der Waals surface area contributed by atoms with Gasteiger partial charge in [0.1, 0.15) is 5.82 Å². The molecule has 4 nitrogen and oxygen atoms in total. The topological polar surface area (TPSA) is 61.2 Å². The Balaban J connectivity index is 1.88. The molecule has 6 heteroatoms. The summed E-state index contributed by atoms with van der Waals surface area (Å²) in [5.74, 6) is -0.944. The first-order valence-electron chi connectivity index (χ1n) is 7.08. The smallest absolute Gasteiger partial charge is 0.268 e. The third-order valence-corrected chi connectivity index (χ3v) is 4.44. The third kappa shape index (κ3) is 3.07. The zero-order valence-corrected chi connectivity index (χ0v) is 13.2. The van der Waals surface area contributed by atoms with E-state index in [1.165, 1.54) is 18.2 Å². The number of carbonyl (C=O) groups is 2. The Bertz CT molecular complexity index is 902. The Kier molecular flexibility index (Phi) is 4.45.